The van der Waals surface area contributed by atoms with Crippen molar-refractivity contribution < 1.29 is 9.83 Å². The average molecular weight is 194 g/mol. The van der Waals surface area contributed by atoms with Crippen molar-refractivity contribution in [2.24, 2.45) is 0 Å². The summed E-state index contributed by atoms with van der Waals surface area (Å²) in [6, 6.07) is 8.36. The van der Waals surface area contributed by atoms with E-state index in [0.29, 0.717) is 12.7 Å². The minimum Gasteiger partial charge on any atom is -0.301 e. The second kappa shape index (κ2) is 4.96. The molecule has 0 aromatic heterocycles. The fraction of sp³-hybridized carbons (Fsp3) is 0.222. The van der Waals surface area contributed by atoms with E-state index >= 15 is 0 Å². The molecule has 1 aromatic rings. The van der Waals surface area contributed by atoms with Crippen LogP contribution in [0.25, 0.3) is 0 Å². The molecule has 0 radical (unpaired) electrons. The van der Waals surface area contributed by atoms with Crippen molar-refractivity contribution in [2.75, 3.05) is 0 Å². The molecule has 0 aliphatic carbocycles. The van der Waals surface area contributed by atoms with Crippen LogP contribution in [0, 0.1) is 10.1 Å². The minimum absolute atomic E-state index is 0.325. The van der Waals surface area contributed by atoms with Crippen LogP contribution in [0.5, 0.6) is 0 Å². The lowest BCUT2D eigenvalue weighted by atomic mass is 10.1. The first-order valence-corrected chi connectivity index (χ1v) is 4.12. The number of hydrazine groups is 1. The quantitative estimate of drug-likeness (QED) is 0.422. The smallest absolute Gasteiger partial charge is 0.158 e. The Morgan fingerprint density at radius 1 is 1.43 bits per heavy atom. The molecule has 0 saturated carbocycles. The van der Waals surface area contributed by atoms with Crippen LogP contribution < -0.4 is 5.43 Å². The van der Waals surface area contributed by atoms with Crippen LogP contribution >= 0.6 is 0 Å². The number of hydrogen-bond acceptors (Lipinski definition) is 3. The molecule has 0 spiro atoms. The molecule has 74 valence electrons. The van der Waals surface area contributed by atoms with Crippen LogP contribution in [-0.2, 0) is 11.2 Å². The summed E-state index contributed by atoms with van der Waals surface area (Å²) < 4.78 is 0. The van der Waals surface area contributed by atoms with Crippen LogP contribution in [0.2, 0.25) is 0 Å². The van der Waals surface area contributed by atoms with Crippen LogP contribution in [0.1, 0.15) is 5.56 Å². The zero-order valence-corrected chi connectivity index (χ0v) is 7.42. The number of carbonyl (C=O) groups is 1. The number of nitrogens with zero attached hydrogens (tertiary/aromatic N) is 1. The van der Waals surface area contributed by atoms with E-state index in [9.17, 15) is 14.9 Å². The van der Waals surface area contributed by atoms with Crippen LogP contribution in [0.15, 0.2) is 30.3 Å². The lowest BCUT2D eigenvalue weighted by Gasteiger charge is -2.06. The third-order valence-corrected chi connectivity index (χ3v) is 1.73. The highest BCUT2D eigenvalue weighted by molar-refractivity contribution is 5.58. The maximum absolute atomic E-state index is 10.5. The first kappa shape index (κ1) is 10.2. The van der Waals surface area contributed by atoms with Gasteiger partial charge in [-0.1, -0.05) is 30.3 Å². The summed E-state index contributed by atoms with van der Waals surface area (Å²) >= 11 is 0. The van der Waals surface area contributed by atoms with Gasteiger partial charge < -0.3 is 4.79 Å². The zero-order valence-electron chi connectivity index (χ0n) is 7.42. The summed E-state index contributed by atoms with van der Waals surface area (Å²) in [5.41, 5.74) is 2.82. The molecule has 0 aliphatic rings. The Morgan fingerprint density at radius 2 is 2.07 bits per heavy atom. The van der Waals surface area contributed by atoms with Crippen molar-refractivity contribution in [3.05, 3.63) is 46.0 Å². The predicted octanol–water partition coefficient (Wildman–Crippen LogP) is 0.578. The number of rotatable bonds is 5. The van der Waals surface area contributed by atoms with Gasteiger partial charge in [-0.15, -0.1) is 5.43 Å². The summed E-state index contributed by atoms with van der Waals surface area (Å²) in [7, 11) is 0. The molecule has 5 heteroatoms. The highest BCUT2D eigenvalue weighted by Crippen LogP contribution is 2.01. The van der Waals surface area contributed by atoms with Crippen LogP contribution in [-0.4, -0.2) is 17.4 Å². The standard InChI is InChI=1S/C9H10N2O3/c12-7-9(10-11(13)14)6-8-4-2-1-3-5-8/h1-5,7,9-10H,6H2. The molecule has 0 bridgehead atoms. The van der Waals surface area contributed by atoms with Crippen molar-refractivity contribution in [1.82, 2.24) is 5.43 Å². The topological polar surface area (TPSA) is 72.2 Å². The normalized spacial score (nSPS) is 11.7. The SMILES string of the molecule is O=CC(Cc1ccccc1)N[N+](=O)[O-]. The molecule has 1 rings (SSSR count). The third kappa shape index (κ3) is 3.22. The van der Waals surface area contributed by atoms with E-state index in [2.05, 4.69) is 0 Å². The van der Waals surface area contributed by atoms with E-state index < -0.39 is 11.1 Å². The number of carbonyl (C=O) groups excluding carboxylic acids is 1. The lowest BCUT2D eigenvalue weighted by Crippen LogP contribution is -2.36. The molecular weight excluding hydrogens is 184 g/mol. The van der Waals surface area contributed by atoms with Gasteiger partial charge in [0.15, 0.2) is 5.03 Å². The van der Waals surface area contributed by atoms with Crippen LogP contribution in [0.3, 0.4) is 0 Å². The van der Waals surface area contributed by atoms with Crippen molar-refractivity contribution in [3.8, 4) is 0 Å². The Bertz CT molecular complexity index is 313. The van der Waals surface area contributed by atoms with Gasteiger partial charge >= 0.3 is 0 Å². The van der Waals surface area contributed by atoms with Gasteiger partial charge in [-0.3, -0.25) is 0 Å². The number of aldehydes is 1. The largest absolute Gasteiger partial charge is 0.301 e. The van der Waals surface area contributed by atoms with Gasteiger partial charge in [0.2, 0.25) is 0 Å². The predicted molar refractivity (Wildman–Crippen MR) is 50.1 cm³/mol. The highest BCUT2D eigenvalue weighted by atomic mass is 16.7. The van der Waals surface area contributed by atoms with E-state index in [1.165, 1.54) is 0 Å². The Hall–Kier alpha value is -1.91. The summed E-state index contributed by atoms with van der Waals surface area (Å²) in [4.78, 5) is 20.6. The van der Waals surface area contributed by atoms with E-state index in [-0.39, 0.29) is 0 Å². The maximum Gasteiger partial charge on any atom is 0.158 e. The van der Waals surface area contributed by atoms with Crippen molar-refractivity contribution >= 4 is 6.29 Å². The molecule has 0 heterocycles. The summed E-state index contributed by atoms with van der Waals surface area (Å²) in [6.45, 7) is 0. The number of benzene rings is 1. The van der Waals surface area contributed by atoms with Crippen LogP contribution in [0.4, 0.5) is 0 Å². The van der Waals surface area contributed by atoms with Crippen molar-refractivity contribution in [3.63, 3.8) is 0 Å². The van der Waals surface area contributed by atoms with Gasteiger partial charge in [-0.2, -0.15) is 0 Å². The molecular formula is C9H10N2O3. The number of hydrogen-bond donors (Lipinski definition) is 1. The third-order valence-electron chi connectivity index (χ3n) is 1.73. The first-order chi connectivity index (χ1) is 6.72. The molecule has 0 saturated heterocycles. The monoisotopic (exact) mass is 194 g/mol. The number of nitrogens with one attached hydrogen (secondary N) is 1. The second-order valence-corrected chi connectivity index (χ2v) is 2.82. The second-order valence-electron chi connectivity index (χ2n) is 2.82. The average Bonchev–Trinajstić information content (AvgIpc) is 2.17. The Balaban J connectivity index is 2.57. The Kier molecular flexibility index (Phi) is 3.60. The molecule has 1 atom stereocenters. The molecule has 0 fully saturated rings. The van der Waals surface area contributed by atoms with Crippen molar-refractivity contribution in [2.45, 2.75) is 12.5 Å². The fourth-order valence-electron chi connectivity index (χ4n) is 1.13. The van der Waals surface area contributed by atoms with Gasteiger partial charge in [0.05, 0.1) is 0 Å². The summed E-state index contributed by atoms with van der Waals surface area (Å²) in [5.74, 6) is 0. The molecule has 5 nitrogen and oxygen atoms in total. The van der Waals surface area contributed by atoms with E-state index in [1.54, 1.807) is 0 Å². The lowest BCUT2D eigenvalue weighted by molar-refractivity contribution is -0.548. The maximum atomic E-state index is 10.5. The summed E-state index contributed by atoms with van der Waals surface area (Å²) in [5, 5.41) is 9.39. The van der Waals surface area contributed by atoms with Crippen molar-refractivity contribution in [1.29, 1.82) is 0 Å². The fourth-order valence-corrected chi connectivity index (χ4v) is 1.13. The molecule has 14 heavy (non-hydrogen) atoms. The molecule has 0 amide bonds. The van der Waals surface area contributed by atoms with E-state index in [1.807, 2.05) is 35.8 Å². The van der Waals surface area contributed by atoms with E-state index in [0.717, 1.165) is 5.56 Å². The van der Waals surface area contributed by atoms with E-state index in [4.69, 9.17) is 0 Å². The minimum atomic E-state index is -0.771. The van der Waals surface area contributed by atoms with Gasteiger partial charge in [-0.25, -0.2) is 10.1 Å². The first-order valence-electron chi connectivity index (χ1n) is 4.12. The molecule has 1 aromatic carbocycles. The molecule has 1 N–H and O–H groups in total. The number of nitro groups is 1. The molecule has 1 unspecified atom stereocenters. The zero-order chi connectivity index (χ0) is 10.4. The van der Waals surface area contributed by atoms with Gasteiger partial charge in [-0.05, 0) is 5.56 Å². The highest BCUT2D eigenvalue weighted by Gasteiger charge is 2.12. The van der Waals surface area contributed by atoms with Gasteiger partial charge in [0.1, 0.15) is 12.3 Å². The summed E-state index contributed by atoms with van der Waals surface area (Å²) in [6.07, 6.45) is 0.862. The Labute approximate surface area is 80.9 Å². The van der Waals surface area contributed by atoms with Gasteiger partial charge in [0.25, 0.3) is 0 Å². The Morgan fingerprint density at radius 3 is 2.57 bits per heavy atom. The molecule has 0 aliphatic heterocycles. The van der Waals surface area contributed by atoms with Gasteiger partial charge in [0, 0.05) is 6.42 Å².